The molecule has 3 atom stereocenters. The minimum Gasteiger partial charge on any atom is -0.465 e. The maximum atomic E-state index is 13.8. The Balaban J connectivity index is 2.83. The Morgan fingerprint density at radius 2 is 1.94 bits per heavy atom. The SMILES string of the molecule is CC(C)(C)N(C(=O)O)[C@H]1CC[C@@H](O)C[C@@H]1F. The van der Waals surface area contributed by atoms with Crippen LogP contribution in [-0.4, -0.2) is 45.1 Å². The first-order valence-corrected chi connectivity index (χ1v) is 5.58. The van der Waals surface area contributed by atoms with Crippen molar-refractivity contribution in [1.82, 2.24) is 4.90 Å². The molecule has 5 heteroatoms. The Bertz CT molecular complexity index is 264. The van der Waals surface area contributed by atoms with Crippen LogP contribution in [0.3, 0.4) is 0 Å². The number of carboxylic acid groups (broad SMARTS) is 1. The van der Waals surface area contributed by atoms with Crippen molar-refractivity contribution in [2.75, 3.05) is 0 Å². The minimum absolute atomic E-state index is 0.0323. The van der Waals surface area contributed by atoms with Gasteiger partial charge in [-0.25, -0.2) is 9.18 Å². The predicted octanol–water partition coefficient (Wildman–Crippen LogP) is 2.02. The fourth-order valence-electron chi connectivity index (χ4n) is 2.30. The lowest BCUT2D eigenvalue weighted by atomic mass is 9.88. The summed E-state index contributed by atoms with van der Waals surface area (Å²) < 4.78 is 13.8. The number of aliphatic hydroxyl groups is 1. The number of nitrogens with zero attached hydrogens (tertiary/aromatic N) is 1. The van der Waals surface area contributed by atoms with E-state index < -0.39 is 29.9 Å². The molecule has 0 unspecified atom stereocenters. The Hall–Kier alpha value is -0.840. The first-order chi connectivity index (χ1) is 7.23. The maximum absolute atomic E-state index is 13.8. The molecule has 2 N–H and O–H groups in total. The van der Waals surface area contributed by atoms with E-state index in [4.69, 9.17) is 5.11 Å². The second-order valence-corrected chi connectivity index (χ2v) is 5.37. The zero-order valence-electron chi connectivity index (χ0n) is 9.98. The van der Waals surface area contributed by atoms with E-state index in [0.717, 1.165) is 0 Å². The molecule has 0 aromatic rings. The average Bonchev–Trinajstić information content (AvgIpc) is 2.06. The van der Waals surface area contributed by atoms with E-state index in [1.54, 1.807) is 20.8 Å². The van der Waals surface area contributed by atoms with E-state index in [9.17, 15) is 14.3 Å². The molecule has 94 valence electrons. The number of rotatable bonds is 1. The van der Waals surface area contributed by atoms with Crippen LogP contribution < -0.4 is 0 Å². The van der Waals surface area contributed by atoms with Crippen molar-refractivity contribution in [3.63, 3.8) is 0 Å². The van der Waals surface area contributed by atoms with Gasteiger partial charge in [0.2, 0.25) is 0 Å². The van der Waals surface area contributed by atoms with Crippen molar-refractivity contribution < 1.29 is 19.4 Å². The zero-order chi connectivity index (χ0) is 12.5. The van der Waals surface area contributed by atoms with Crippen molar-refractivity contribution >= 4 is 6.09 Å². The highest BCUT2D eigenvalue weighted by Crippen LogP contribution is 2.30. The molecule has 1 fully saturated rings. The lowest BCUT2D eigenvalue weighted by molar-refractivity contribution is -0.0127. The van der Waals surface area contributed by atoms with Gasteiger partial charge in [0, 0.05) is 12.0 Å². The lowest BCUT2D eigenvalue weighted by Crippen LogP contribution is -2.56. The fraction of sp³-hybridized carbons (Fsp3) is 0.909. The molecular weight excluding hydrogens is 213 g/mol. The molecule has 0 bridgehead atoms. The van der Waals surface area contributed by atoms with Gasteiger partial charge in [0.15, 0.2) is 0 Å². The van der Waals surface area contributed by atoms with Crippen molar-refractivity contribution in [1.29, 1.82) is 0 Å². The molecule has 16 heavy (non-hydrogen) atoms. The van der Waals surface area contributed by atoms with Crippen molar-refractivity contribution in [2.24, 2.45) is 0 Å². The van der Waals surface area contributed by atoms with Gasteiger partial charge in [0.25, 0.3) is 0 Å². The smallest absolute Gasteiger partial charge is 0.408 e. The van der Waals surface area contributed by atoms with E-state index in [2.05, 4.69) is 0 Å². The topological polar surface area (TPSA) is 60.8 Å². The van der Waals surface area contributed by atoms with E-state index in [0.29, 0.717) is 12.8 Å². The Kier molecular flexibility index (Phi) is 3.78. The minimum atomic E-state index is -1.28. The molecule has 0 radical (unpaired) electrons. The van der Waals surface area contributed by atoms with Gasteiger partial charge in [-0.15, -0.1) is 0 Å². The lowest BCUT2D eigenvalue weighted by Gasteiger charge is -2.43. The molecule has 1 aliphatic rings. The average molecular weight is 233 g/mol. The highest BCUT2D eigenvalue weighted by molar-refractivity contribution is 5.66. The summed E-state index contributed by atoms with van der Waals surface area (Å²) in [5, 5.41) is 18.5. The van der Waals surface area contributed by atoms with Crippen molar-refractivity contribution in [3.05, 3.63) is 0 Å². The largest absolute Gasteiger partial charge is 0.465 e. The Morgan fingerprint density at radius 1 is 1.38 bits per heavy atom. The van der Waals surface area contributed by atoms with Crippen LogP contribution in [0.1, 0.15) is 40.0 Å². The molecule has 0 aromatic carbocycles. The molecule has 0 spiro atoms. The molecule has 4 nitrogen and oxygen atoms in total. The molecule has 1 aliphatic carbocycles. The van der Waals surface area contributed by atoms with Crippen LogP contribution in [0.15, 0.2) is 0 Å². The third kappa shape index (κ3) is 2.84. The van der Waals surface area contributed by atoms with Gasteiger partial charge in [-0.05, 0) is 33.6 Å². The molecule has 0 saturated heterocycles. The van der Waals surface area contributed by atoms with Gasteiger partial charge in [-0.2, -0.15) is 0 Å². The summed E-state index contributed by atoms with van der Waals surface area (Å²) >= 11 is 0. The van der Waals surface area contributed by atoms with Gasteiger partial charge < -0.3 is 10.2 Å². The predicted molar refractivity (Wildman–Crippen MR) is 58.2 cm³/mol. The van der Waals surface area contributed by atoms with Crippen LogP contribution in [0.25, 0.3) is 0 Å². The second-order valence-electron chi connectivity index (χ2n) is 5.37. The standard InChI is InChI=1S/C11H20FNO3/c1-11(2,3)13(10(15)16)9-5-4-7(14)6-8(9)12/h7-9,14H,4-6H2,1-3H3,(H,15,16)/t7-,8+,9+/m1/s1. The van der Waals surface area contributed by atoms with Crippen LogP contribution in [0.4, 0.5) is 9.18 Å². The molecule has 1 rings (SSSR count). The van der Waals surface area contributed by atoms with Gasteiger partial charge >= 0.3 is 6.09 Å². The summed E-state index contributed by atoms with van der Waals surface area (Å²) in [5.74, 6) is 0. The summed E-state index contributed by atoms with van der Waals surface area (Å²) in [6, 6.07) is -0.638. The number of halogens is 1. The summed E-state index contributed by atoms with van der Waals surface area (Å²) in [5.41, 5.74) is -0.622. The third-order valence-corrected chi connectivity index (χ3v) is 2.97. The number of amides is 1. The van der Waals surface area contributed by atoms with Crippen LogP contribution in [-0.2, 0) is 0 Å². The Labute approximate surface area is 95.1 Å². The van der Waals surface area contributed by atoms with E-state index in [1.165, 1.54) is 4.90 Å². The van der Waals surface area contributed by atoms with E-state index >= 15 is 0 Å². The van der Waals surface area contributed by atoms with Gasteiger partial charge in [0.05, 0.1) is 12.1 Å². The maximum Gasteiger partial charge on any atom is 0.408 e. The van der Waals surface area contributed by atoms with Crippen LogP contribution in [0.5, 0.6) is 0 Å². The first-order valence-electron chi connectivity index (χ1n) is 5.58. The van der Waals surface area contributed by atoms with Crippen LogP contribution >= 0.6 is 0 Å². The summed E-state index contributed by atoms with van der Waals surface area (Å²) in [6.45, 7) is 5.25. The number of hydrogen-bond acceptors (Lipinski definition) is 2. The highest BCUT2D eigenvalue weighted by atomic mass is 19.1. The van der Waals surface area contributed by atoms with Crippen LogP contribution in [0.2, 0.25) is 0 Å². The molecule has 1 saturated carbocycles. The monoisotopic (exact) mass is 233 g/mol. The van der Waals surface area contributed by atoms with Crippen molar-refractivity contribution in [3.8, 4) is 0 Å². The van der Waals surface area contributed by atoms with Crippen LogP contribution in [0, 0.1) is 0 Å². The number of aliphatic hydroxyl groups excluding tert-OH is 1. The summed E-state index contributed by atoms with van der Waals surface area (Å²) in [4.78, 5) is 12.3. The summed E-state index contributed by atoms with van der Waals surface area (Å²) in [6.07, 6.45) is -2.14. The van der Waals surface area contributed by atoms with Gasteiger partial charge in [0.1, 0.15) is 6.17 Å². The second kappa shape index (κ2) is 4.57. The Morgan fingerprint density at radius 3 is 2.31 bits per heavy atom. The van der Waals surface area contributed by atoms with Gasteiger partial charge in [-0.1, -0.05) is 0 Å². The number of carbonyl (C=O) groups is 1. The summed E-state index contributed by atoms with van der Waals surface area (Å²) in [7, 11) is 0. The quantitative estimate of drug-likeness (QED) is 0.728. The normalized spacial score (nSPS) is 31.2. The van der Waals surface area contributed by atoms with Gasteiger partial charge in [-0.3, -0.25) is 4.90 Å². The third-order valence-electron chi connectivity index (χ3n) is 2.97. The first kappa shape index (κ1) is 13.2. The molecule has 0 heterocycles. The van der Waals surface area contributed by atoms with E-state index in [1.807, 2.05) is 0 Å². The zero-order valence-corrected chi connectivity index (χ0v) is 9.98. The highest BCUT2D eigenvalue weighted by Gasteiger charge is 2.40. The number of hydrogen-bond donors (Lipinski definition) is 2. The molecule has 0 aromatic heterocycles. The van der Waals surface area contributed by atoms with Crippen molar-refractivity contribution in [2.45, 2.75) is 63.9 Å². The molecule has 0 aliphatic heterocycles. The number of alkyl halides is 1. The molecular formula is C11H20FNO3. The molecule has 1 amide bonds. The fourth-order valence-corrected chi connectivity index (χ4v) is 2.30. The van der Waals surface area contributed by atoms with E-state index in [-0.39, 0.29) is 6.42 Å².